The van der Waals surface area contributed by atoms with Crippen LogP contribution >= 0.6 is 0 Å². The molecule has 29 heavy (non-hydrogen) atoms. The first-order valence-corrected chi connectivity index (χ1v) is 9.46. The van der Waals surface area contributed by atoms with Gasteiger partial charge in [0.1, 0.15) is 12.1 Å². The summed E-state index contributed by atoms with van der Waals surface area (Å²) in [6, 6.07) is 21.6. The Balaban J connectivity index is 1.73. The Labute approximate surface area is 171 Å². The van der Waals surface area contributed by atoms with Gasteiger partial charge in [0.2, 0.25) is 0 Å². The van der Waals surface area contributed by atoms with E-state index in [4.69, 9.17) is 0 Å². The Morgan fingerprint density at radius 3 is 2.03 bits per heavy atom. The van der Waals surface area contributed by atoms with Crippen LogP contribution in [0, 0.1) is 5.82 Å². The second-order valence-corrected chi connectivity index (χ2v) is 7.23. The number of carbonyl (C=O) groups excluding carboxylic acids is 1. The number of hydrogen-bond acceptors (Lipinski definition) is 3. The number of rotatable bonds is 7. The van der Waals surface area contributed by atoms with Gasteiger partial charge in [-0.15, -0.1) is 0 Å². The molecule has 0 bridgehead atoms. The van der Waals surface area contributed by atoms with Crippen LogP contribution in [0.3, 0.4) is 0 Å². The lowest BCUT2D eigenvalue weighted by Gasteiger charge is -2.20. The van der Waals surface area contributed by atoms with E-state index in [-0.39, 0.29) is 5.82 Å². The van der Waals surface area contributed by atoms with Crippen molar-refractivity contribution in [2.45, 2.75) is 6.54 Å². The molecule has 3 aromatic carbocycles. The van der Waals surface area contributed by atoms with Crippen LogP contribution in [0.4, 0.5) is 15.8 Å². The molecule has 148 valence electrons. The van der Waals surface area contributed by atoms with Crippen molar-refractivity contribution in [3.63, 3.8) is 0 Å². The van der Waals surface area contributed by atoms with Crippen LogP contribution in [0.25, 0.3) is 17.2 Å². The molecular formula is C25H25FN2O. The first kappa shape index (κ1) is 20.3. The van der Waals surface area contributed by atoms with E-state index < -0.39 is 0 Å². The lowest BCUT2D eigenvalue weighted by Crippen LogP contribution is -2.16. The van der Waals surface area contributed by atoms with Crippen LogP contribution in [0.1, 0.15) is 11.1 Å². The number of benzene rings is 3. The van der Waals surface area contributed by atoms with Crippen LogP contribution in [0.5, 0.6) is 0 Å². The van der Waals surface area contributed by atoms with Gasteiger partial charge in [0.15, 0.2) is 0 Å². The van der Waals surface area contributed by atoms with Crippen molar-refractivity contribution in [2.75, 3.05) is 30.9 Å². The minimum Gasteiger partial charge on any atom is -0.378 e. The Kier molecular flexibility index (Phi) is 6.45. The van der Waals surface area contributed by atoms with Gasteiger partial charge in [-0.05, 0) is 58.7 Å². The van der Waals surface area contributed by atoms with Gasteiger partial charge in [-0.2, -0.15) is 0 Å². The van der Waals surface area contributed by atoms with Crippen molar-refractivity contribution in [2.24, 2.45) is 0 Å². The van der Waals surface area contributed by atoms with Gasteiger partial charge in [0.25, 0.3) is 0 Å². The summed E-state index contributed by atoms with van der Waals surface area (Å²) in [5.41, 5.74) is 6.07. The largest absolute Gasteiger partial charge is 0.378 e. The molecule has 0 spiro atoms. The fourth-order valence-electron chi connectivity index (χ4n) is 3.18. The zero-order valence-corrected chi connectivity index (χ0v) is 17.0. The van der Waals surface area contributed by atoms with Crippen LogP contribution < -0.4 is 9.80 Å². The molecular weight excluding hydrogens is 363 g/mol. The molecule has 0 aliphatic carbocycles. The summed E-state index contributed by atoms with van der Waals surface area (Å²) in [6.07, 6.45) is 3.65. The van der Waals surface area contributed by atoms with E-state index in [1.54, 1.807) is 6.08 Å². The summed E-state index contributed by atoms with van der Waals surface area (Å²) in [5.74, 6) is -0.323. The molecule has 0 amide bonds. The van der Waals surface area contributed by atoms with Gasteiger partial charge < -0.3 is 9.80 Å². The van der Waals surface area contributed by atoms with E-state index in [9.17, 15) is 9.18 Å². The number of carbonyl (C=O) groups is 1. The molecule has 0 saturated heterocycles. The SMILES string of the molecule is CN(C)c1ccc(-c2ccc(CN(C)c3cc(F)cc(/C=C/C=O)c3)cc2)cc1. The summed E-state index contributed by atoms with van der Waals surface area (Å²) in [6.45, 7) is 0.653. The second-order valence-electron chi connectivity index (χ2n) is 7.23. The minimum absolute atomic E-state index is 0.323. The normalized spacial score (nSPS) is 10.9. The first-order chi connectivity index (χ1) is 14.0. The van der Waals surface area contributed by atoms with E-state index >= 15 is 0 Å². The zero-order chi connectivity index (χ0) is 20.8. The van der Waals surface area contributed by atoms with Crippen molar-refractivity contribution in [1.29, 1.82) is 0 Å². The summed E-state index contributed by atoms with van der Waals surface area (Å²) in [5, 5.41) is 0. The van der Waals surface area contributed by atoms with Gasteiger partial charge in [0.05, 0.1) is 0 Å². The van der Waals surface area contributed by atoms with Crippen molar-refractivity contribution in [1.82, 2.24) is 0 Å². The third-order valence-electron chi connectivity index (χ3n) is 4.80. The highest BCUT2D eigenvalue weighted by Crippen LogP contribution is 2.24. The molecule has 0 unspecified atom stereocenters. The number of nitrogens with zero attached hydrogens (tertiary/aromatic N) is 2. The Morgan fingerprint density at radius 1 is 0.828 bits per heavy atom. The second kappa shape index (κ2) is 9.20. The van der Waals surface area contributed by atoms with Gasteiger partial charge >= 0.3 is 0 Å². The molecule has 3 aromatic rings. The van der Waals surface area contributed by atoms with Crippen LogP contribution in [0.2, 0.25) is 0 Å². The maximum atomic E-state index is 13.9. The molecule has 0 aliphatic heterocycles. The highest BCUT2D eigenvalue weighted by molar-refractivity contribution is 5.74. The van der Waals surface area contributed by atoms with Gasteiger partial charge in [-0.1, -0.05) is 42.5 Å². The monoisotopic (exact) mass is 388 g/mol. The smallest absolute Gasteiger partial charge is 0.142 e. The third-order valence-corrected chi connectivity index (χ3v) is 4.80. The fourth-order valence-corrected chi connectivity index (χ4v) is 3.18. The minimum atomic E-state index is -0.323. The van der Waals surface area contributed by atoms with Crippen molar-refractivity contribution < 1.29 is 9.18 Å². The molecule has 3 nitrogen and oxygen atoms in total. The number of anilines is 2. The summed E-state index contributed by atoms with van der Waals surface area (Å²) in [4.78, 5) is 14.6. The highest BCUT2D eigenvalue weighted by Gasteiger charge is 2.06. The molecule has 0 N–H and O–H groups in total. The summed E-state index contributed by atoms with van der Waals surface area (Å²) in [7, 11) is 5.98. The summed E-state index contributed by atoms with van der Waals surface area (Å²) >= 11 is 0. The maximum absolute atomic E-state index is 13.9. The lowest BCUT2D eigenvalue weighted by atomic mass is 10.0. The Hall–Kier alpha value is -3.40. The molecule has 4 heteroatoms. The fraction of sp³-hybridized carbons (Fsp3) is 0.160. The van der Waals surface area contributed by atoms with Crippen LogP contribution in [-0.2, 0) is 11.3 Å². The number of halogens is 1. The topological polar surface area (TPSA) is 23.6 Å². The predicted molar refractivity (Wildman–Crippen MR) is 120 cm³/mol. The third kappa shape index (κ3) is 5.32. The molecule has 0 aliphatic rings. The molecule has 0 aromatic heterocycles. The van der Waals surface area contributed by atoms with E-state index in [0.717, 1.165) is 16.8 Å². The quantitative estimate of drug-likeness (QED) is 0.400. The Bertz CT molecular complexity index is 992. The van der Waals surface area contributed by atoms with Crippen LogP contribution in [-0.4, -0.2) is 27.4 Å². The van der Waals surface area contributed by atoms with Crippen molar-refractivity contribution >= 4 is 23.7 Å². The molecule has 0 saturated carbocycles. The number of hydrogen-bond donors (Lipinski definition) is 0. The van der Waals surface area contributed by atoms with Gasteiger partial charge in [-0.3, -0.25) is 4.79 Å². The van der Waals surface area contributed by atoms with Gasteiger partial charge in [0, 0.05) is 39.1 Å². The van der Waals surface area contributed by atoms with Crippen LogP contribution in [0.15, 0.2) is 72.8 Å². The zero-order valence-electron chi connectivity index (χ0n) is 17.0. The van der Waals surface area contributed by atoms with Crippen molar-refractivity contribution in [3.8, 4) is 11.1 Å². The maximum Gasteiger partial charge on any atom is 0.142 e. The van der Waals surface area contributed by atoms with E-state index in [1.807, 2.05) is 32.1 Å². The summed E-state index contributed by atoms with van der Waals surface area (Å²) < 4.78 is 13.9. The molecule has 3 rings (SSSR count). The highest BCUT2D eigenvalue weighted by atomic mass is 19.1. The number of allylic oxidation sites excluding steroid dienone is 1. The van der Waals surface area contributed by atoms with E-state index in [1.165, 1.54) is 29.5 Å². The molecule has 0 heterocycles. The predicted octanol–water partition coefficient (Wildman–Crippen LogP) is 5.41. The average molecular weight is 388 g/mol. The Morgan fingerprint density at radius 2 is 1.45 bits per heavy atom. The lowest BCUT2D eigenvalue weighted by molar-refractivity contribution is -0.104. The number of aldehydes is 1. The van der Waals surface area contributed by atoms with E-state index in [2.05, 4.69) is 53.4 Å². The van der Waals surface area contributed by atoms with Crippen molar-refractivity contribution in [3.05, 3.63) is 89.8 Å². The average Bonchev–Trinajstić information content (AvgIpc) is 2.72. The standard InChI is InChI=1S/C25H25FN2O/c1-27(2)24-12-10-22(11-13-24)21-8-6-19(7-9-21)18-28(3)25-16-20(5-4-14-29)15-23(26)17-25/h4-17H,18H2,1-3H3/b5-4+. The van der Waals surface area contributed by atoms with E-state index in [0.29, 0.717) is 18.4 Å². The molecule has 0 radical (unpaired) electrons. The molecule has 0 fully saturated rings. The molecule has 0 atom stereocenters. The first-order valence-electron chi connectivity index (χ1n) is 9.46. The van der Waals surface area contributed by atoms with Gasteiger partial charge in [-0.25, -0.2) is 4.39 Å².